The van der Waals surface area contributed by atoms with Gasteiger partial charge in [0.15, 0.2) is 0 Å². The molecule has 1 fully saturated rings. The molecular weight excluding hydrogens is 473 g/mol. The number of aromatic nitrogens is 4. The lowest BCUT2D eigenvalue weighted by molar-refractivity contribution is -0.137. The van der Waals surface area contributed by atoms with Gasteiger partial charge in [-0.3, -0.25) is 0 Å². The summed E-state index contributed by atoms with van der Waals surface area (Å²) in [4.78, 5) is -0.709. The Hall–Kier alpha value is -3.03. The lowest BCUT2D eigenvalue weighted by Gasteiger charge is -2.40. The number of rotatable bonds is 5. The third kappa shape index (κ3) is 4.56. The molecule has 14 heteroatoms. The summed E-state index contributed by atoms with van der Waals surface area (Å²) in [5.41, 5.74) is -1.19. The van der Waals surface area contributed by atoms with Crippen LogP contribution in [0.25, 0.3) is 0 Å². The summed E-state index contributed by atoms with van der Waals surface area (Å²) in [6.45, 7) is 1.57. The second-order valence-electron chi connectivity index (χ2n) is 7.77. The highest BCUT2D eigenvalue weighted by Gasteiger charge is 2.48. The lowest BCUT2D eigenvalue weighted by Crippen LogP contribution is -2.48. The number of nitrogens with zero attached hydrogens (tertiary/aromatic N) is 5. The minimum Gasteiger partial charge on any atom is -0.338 e. The fourth-order valence-corrected chi connectivity index (χ4v) is 5.70. The second-order valence-corrected chi connectivity index (χ2v) is 9.59. The number of hydrogen-bond donors (Lipinski definition) is 0. The predicted molar refractivity (Wildman–Crippen MR) is 104 cm³/mol. The van der Waals surface area contributed by atoms with Crippen LogP contribution in [0.5, 0.6) is 0 Å². The maximum atomic E-state index is 14.8. The van der Waals surface area contributed by atoms with Gasteiger partial charge in [0.25, 0.3) is 15.9 Å². The molecule has 3 aromatic rings. The summed E-state index contributed by atoms with van der Waals surface area (Å²) < 4.78 is 103. The maximum absolute atomic E-state index is 14.8. The van der Waals surface area contributed by atoms with E-state index in [0.29, 0.717) is 16.2 Å². The number of sulfonamides is 1. The molecule has 1 aromatic carbocycles. The van der Waals surface area contributed by atoms with Crippen LogP contribution in [0.4, 0.5) is 27.8 Å². The summed E-state index contributed by atoms with van der Waals surface area (Å²) in [5.74, 6) is -3.29. The molecule has 8 nitrogen and oxygen atoms in total. The second kappa shape index (κ2) is 8.08. The van der Waals surface area contributed by atoms with Gasteiger partial charge in [0.05, 0.1) is 22.7 Å². The van der Waals surface area contributed by atoms with E-state index < -0.39 is 57.5 Å². The summed E-state index contributed by atoms with van der Waals surface area (Å²) in [5, 5.41) is 10.9. The third-order valence-electron chi connectivity index (χ3n) is 5.45. The van der Waals surface area contributed by atoms with Crippen LogP contribution in [0.3, 0.4) is 0 Å². The van der Waals surface area contributed by atoms with Crippen LogP contribution in [-0.4, -0.2) is 40.3 Å². The van der Waals surface area contributed by atoms with Crippen molar-refractivity contribution < 1.29 is 34.9 Å². The SMILES string of the molecule is Cc1nncn1[C@H]1C[C@@H](N(c2ccno2)S(=O)(=O)c2cccc(C(F)(F)F)c2)CC(F)(F)C1. The molecule has 0 bridgehead atoms. The molecule has 0 spiro atoms. The van der Waals surface area contributed by atoms with E-state index in [4.69, 9.17) is 4.52 Å². The molecule has 1 aliphatic carbocycles. The van der Waals surface area contributed by atoms with Gasteiger partial charge < -0.3 is 9.09 Å². The highest BCUT2D eigenvalue weighted by Crippen LogP contribution is 2.44. The van der Waals surface area contributed by atoms with Gasteiger partial charge in [-0.1, -0.05) is 11.2 Å². The minimum atomic E-state index is -4.79. The molecule has 4 rings (SSSR count). The molecule has 0 amide bonds. The van der Waals surface area contributed by atoms with E-state index in [1.165, 1.54) is 10.9 Å². The van der Waals surface area contributed by atoms with E-state index >= 15 is 0 Å². The molecule has 0 saturated heterocycles. The molecular formula is C19H18F5N5O3S. The van der Waals surface area contributed by atoms with Crippen molar-refractivity contribution in [2.24, 2.45) is 0 Å². The number of aryl methyl sites for hydroxylation is 1. The Labute approximate surface area is 185 Å². The summed E-state index contributed by atoms with van der Waals surface area (Å²) in [7, 11) is -4.73. The van der Waals surface area contributed by atoms with Crippen molar-refractivity contribution in [1.82, 2.24) is 19.9 Å². The van der Waals surface area contributed by atoms with Crippen LogP contribution < -0.4 is 4.31 Å². The zero-order valence-electron chi connectivity index (χ0n) is 17.1. The van der Waals surface area contributed by atoms with Gasteiger partial charge >= 0.3 is 6.18 Å². The number of alkyl halides is 5. The molecule has 2 atom stereocenters. The van der Waals surface area contributed by atoms with Gasteiger partial charge in [0.2, 0.25) is 5.88 Å². The van der Waals surface area contributed by atoms with Crippen molar-refractivity contribution in [3.05, 3.63) is 54.2 Å². The van der Waals surface area contributed by atoms with Crippen molar-refractivity contribution in [3.8, 4) is 0 Å². The van der Waals surface area contributed by atoms with Gasteiger partial charge in [-0.15, -0.1) is 10.2 Å². The summed E-state index contributed by atoms with van der Waals surface area (Å²) >= 11 is 0. The normalized spacial score (nSPS) is 21.2. The predicted octanol–water partition coefficient (Wildman–Crippen LogP) is 4.22. The van der Waals surface area contributed by atoms with E-state index in [-0.39, 0.29) is 12.3 Å². The quantitative estimate of drug-likeness (QED) is 0.496. The fourth-order valence-electron chi connectivity index (χ4n) is 4.07. The first-order chi connectivity index (χ1) is 15.4. The molecule has 0 unspecified atom stereocenters. The first-order valence-electron chi connectivity index (χ1n) is 9.75. The molecule has 2 aromatic heterocycles. The largest absolute Gasteiger partial charge is 0.416 e. The molecule has 1 saturated carbocycles. The van der Waals surface area contributed by atoms with Gasteiger partial charge in [0.1, 0.15) is 12.2 Å². The van der Waals surface area contributed by atoms with Gasteiger partial charge in [-0.2, -0.15) is 13.2 Å². The Morgan fingerprint density at radius 2 is 1.97 bits per heavy atom. The number of halogens is 5. The van der Waals surface area contributed by atoms with Crippen LogP contribution in [0, 0.1) is 6.92 Å². The van der Waals surface area contributed by atoms with Crippen molar-refractivity contribution in [2.45, 2.75) is 55.3 Å². The molecule has 0 radical (unpaired) electrons. The third-order valence-corrected chi connectivity index (χ3v) is 7.30. The van der Waals surface area contributed by atoms with E-state index in [0.717, 1.165) is 30.5 Å². The van der Waals surface area contributed by atoms with Crippen LogP contribution >= 0.6 is 0 Å². The summed E-state index contributed by atoms with van der Waals surface area (Å²) in [6.07, 6.45) is -3.91. The first-order valence-corrected chi connectivity index (χ1v) is 11.2. The van der Waals surface area contributed by atoms with E-state index in [2.05, 4.69) is 15.4 Å². The smallest absolute Gasteiger partial charge is 0.338 e. The van der Waals surface area contributed by atoms with Gasteiger partial charge in [-0.25, -0.2) is 21.5 Å². The standard InChI is InChI=1S/C19H18F5N5O3S/c1-12-27-25-11-28(12)14-8-15(10-18(20,21)9-14)29(17-5-6-26-32-17)33(30,31)16-4-2-3-13(7-16)19(22,23)24/h2-7,11,14-15H,8-10H2,1H3/t14-,15+/m0/s1. The lowest BCUT2D eigenvalue weighted by atomic mass is 9.87. The Morgan fingerprint density at radius 3 is 2.58 bits per heavy atom. The van der Waals surface area contributed by atoms with Crippen LogP contribution in [-0.2, 0) is 16.2 Å². The van der Waals surface area contributed by atoms with Crippen LogP contribution in [0.2, 0.25) is 0 Å². The number of hydrogen-bond acceptors (Lipinski definition) is 6. The average molecular weight is 491 g/mol. The van der Waals surface area contributed by atoms with Crippen molar-refractivity contribution in [3.63, 3.8) is 0 Å². The Bertz CT molecular complexity index is 1230. The molecule has 178 valence electrons. The maximum Gasteiger partial charge on any atom is 0.416 e. The monoisotopic (exact) mass is 491 g/mol. The molecule has 33 heavy (non-hydrogen) atoms. The van der Waals surface area contributed by atoms with Crippen molar-refractivity contribution >= 4 is 15.9 Å². The highest BCUT2D eigenvalue weighted by molar-refractivity contribution is 7.92. The first kappa shape index (κ1) is 23.1. The van der Waals surface area contributed by atoms with Crippen molar-refractivity contribution in [2.75, 3.05) is 4.31 Å². The Balaban J connectivity index is 1.79. The van der Waals surface area contributed by atoms with Gasteiger partial charge in [0, 0.05) is 24.9 Å². The van der Waals surface area contributed by atoms with E-state index in [1.54, 1.807) is 6.92 Å². The van der Waals surface area contributed by atoms with Crippen LogP contribution in [0.15, 0.2) is 52.3 Å². The van der Waals surface area contributed by atoms with E-state index in [9.17, 15) is 30.4 Å². The topological polar surface area (TPSA) is 94.1 Å². The molecule has 0 aliphatic heterocycles. The van der Waals surface area contributed by atoms with Crippen molar-refractivity contribution in [1.29, 1.82) is 0 Å². The molecule has 0 N–H and O–H groups in total. The average Bonchev–Trinajstić information content (AvgIpc) is 3.38. The van der Waals surface area contributed by atoms with Gasteiger partial charge in [-0.05, 0) is 31.5 Å². The molecule has 1 aliphatic rings. The fraction of sp³-hybridized carbons (Fsp3) is 0.421. The molecule has 2 heterocycles. The minimum absolute atomic E-state index is 0.0760. The zero-order chi connectivity index (χ0) is 24.0. The number of benzene rings is 1. The summed E-state index contributed by atoms with van der Waals surface area (Å²) in [6, 6.07) is 2.04. The Kier molecular flexibility index (Phi) is 5.66. The van der Waals surface area contributed by atoms with E-state index in [1.807, 2.05) is 0 Å². The van der Waals surface area contributed by atoms with Crippen LogP contribution in [0.1, 0.15) is 36.7 Å². The zero-order valence-corrected chi connectivity index (χ0v) is 17.9. The highest BCUT2D eigenvalue weighted by atomic mass is 32.2. The number of anilines is 1. The Morgan fingerprint density at radius 1 is 1.21 bits per heavy atom.